The molecule has 6 N–H and O–H groups in total. The van der Waals surface area contributed by atoms with Crippen molar-refractivity contribution in [2.75, 3.05) is 34.4 Å². The molecule has 1 aromatic carbocycles. The Morgan fingerprint density at radius 1 is 1.00 bits per heavy atom. The summed E-state index contributed by atoms with van der Waals surface area (Å²) in [4.78, 5) is 77.8. The number of methoxy groups -OCH3 is 3. The molecule has 0 spiro atoms. The molecule has 2 saturated heterocycles. The van der Waals surface area contributed by atoms with Crippen molar-refractivity contribution in [3.05, 3.63) is 62.9 Å². The molecular formula is C28H35N5O12. The number of hydrogen-bond donors (Lipinski definition) is 6. The first-order chi connectivity index (χ1) is 21.4. The monoisotopic (exact) mass is 633 g/mol. The highest BCUT2D eigenvalue weighted by molar-refractivity contribution is 5.97. The number of rotatable bonds is 10. The van der Waals surface area contributed by atoms with Crippen molar-refractivity contribution in [2.24, 2.45) is 11.8 Å². The number of nitrogens with one attached hydrogen (secondary N) is 4. The van der Waals surface area contributed by atoms with E-state index in [2.05, 4.69) is 16.0 Å². The van der Waals surface area contributed by atoms with E-state index in [4.69, 9.17) is 18.9 Å². The first-order valence-electron chi connectivity index (χ1n) is 13.8. The molecule has 244 valence electrons. The number of aromatic amines is 1. The molecule has 2 aliphatic heterocycles. The minimum Gasteiger partial charge on any atom is -0.496 e. The quantitative estimate of drug-likeness (QED) is 0.144. The lowest BCUT2D eigenvalue weighted by Crippen LogP contribution is -2.58. The van der Waals surface area contributed by atoms with E-state index in [1.54, 1.807) is 24.3 Å². The van der Waals surface area contributed by atoms with Crippen molar-refractivity contribution in [1.29, 1.82) is 0 Å². The fraction of sp³-hybridized carbons (Fsp3) is 0.500. The molecule has 17 nitrogen and oxygen atoms in total. The number of H-pyrrole nitrogens is 1. The maximum absolute atomic E-state index is 13.6. The molecule has 0 radical (unpaired) electrons. The van der Waals surface area contributed by atoms with Gasteiger partial charge >= 0.3 is 17.6 Å². The van der Waals surface area contributed by atoms with Crippen LogP contribution >= 0.6 is 0 Å². The second-order valence-electron chi connectivity index (χ2n) is 10.7. The van der Waals surface area contributed by atoms with Crippen LogP contribution in [0, 0.1) is 11.8 Å². The summed E-state index contributed by atoms with van der Waals surface area (Å²) in [5.41, 5.74) is -2.80. The predicted octanol–water partition coefficient (Wildman–Crippen LogP) is -2.92. The number of aliphatic hydroxyl groups excluding tert-OH is 2. The van der Waals surface area contributed by atoms with E-state index < -0.39 is 89.5 Å². The van der Waals surface area contributed by atoms with Gasteiger partial charge in [-0.2, -0.15) is 0 Å². The van der Waals surface area contributed by atoms with Crippen molar-refractivity contribution in [3.63, 3.8) is 0 Å². The Bertz CT molecular complexity index is 1560. The Labute approximate surface area is 255 Å². The number of aliphatic hydroxyl groups is 2. The van der Waals surface area contributed by atoms with E-state index in [1.807, 2.05) is 4.98 Å². The number of esters is 2. The van der Waals surface area contributed by atoms with Crippen molar-refractivity contribution < 1.29 is 48.3 Å². The molecule has 2 amide bonds. The van der Waals surface area contributed by atoms with Gasteiger partial charge in [0.05, 0.1) is 45.8 Å². The second kappa shape index (κ2) is 13.6. The molecule has 2 aliphatic rings. The average molecular weight is 634 g/mol. The van der Waals surface area contributed by atoms with Crippen molar-refractivity contribution in [3.8, 4) is 5.75 Å². The van der Waals surface area contributed by atoms with Gasteiger partial charge in [0, 0.05) is 24.4 Å². The molecular weight excluding hydrogens is 598 g/mol. The Balaban J connectivity index is 1.46. The van der Waals surface area contributed by atoms with Crippen LogP contribution in [0.3, 0.4) is 0 Å². The third-order valence-corrected chi connectivity index (χ3v) is 8.04. The molecule has 4 rings (SSSR count). The smallest absolute Gasteiger partial charge is 0.330 e. The van der Waals surface area contributed by atoms with Crippen LogP contribution in [-0.2, 0) is 33.4 Å². The van der Waals surface area contributed by atoms with Crippen LogP contribution in [0.4, 0.5) is 0 Å². The molecule has 3 heterocycles. The number of carbonyl (C=O) groups excluding carboxylic acids is 4. The Morgan fingerprint density at radius 2 is 1.69 bits per heavy atom. The molecule has 0 bridgehead atoms. The van der Waals surface area contributed by atoms with Crippen LogP contribution in [-0.4, -0.2) is 102 Å². The fourth-order valence-electron chi connectivity index (χ4n) is 5.75. The third kappa shape index (κ3) is 6.46. The number of hydrogen-bond acceptors (Lipinski definition) is 13. The van der Waals surface area contributed by atoms with E-state index >= 15 is 0 Å². The lowest BCUT2D eigenvalue weighted by atomic mass is 9.78. The van der Waals surface area contributed by atoms with Crippen molar-refractivity contribution >= 4 is 23.8 Å². The first-order valence-corrected chi connectivity index (χ1v) is 13.8. The summed E-state index contributed by atoms with van der Waals surface area (Å²) >= 11 is 0. The third-order valence-electron chi connectivity index (χ3n) is 8.04. The molecule has 0 saturated carbocycles. The van der Waals surface area contributed by atoms with Crippen molar-refractivity contribution in [1.82, 2.24) is 25.5 Å². The predicted molar refractivity (Wildman–Crippen MR) is 152 cm³/mol. The molecule has 45 heavy (non-hydrogen) atoms. The second-order valence-corrected chi connectivity index (χ2v) is 10.7. The zero-order valence-corrected chi connectivity index (χ0v) is 24.8. The SMILES string of the molecule is COC(=O)[C@H]1[C@@H](c2ccccc2OC)N[C@@](C)(C(=O)NCC(=O)NC[C@H]2O[C@@H](n3ccc(=O)[nH]c3=O)[C@H](O)[C@@H]2O)[C@@H]1C(=O)OC. The van der Waals surface area contributed by atoms with Crippen LogP contribution in [0.1, 0.15) is 24.8 Å². The number of amides is 2. The Morgan fingerprint density at radius 3 is 2.33 bits per heavy atom. The minimum absolute atomic E-state index is 0.317. The number of nitrogens with zero attached hydrogens (tertiary/aromatic N) is 1. The van der Waals surface area contributed by atoms with E-state index in [0.29, 0.717) is 11.3 Å². The number of para-hydroxylation sites is 1. The van der Waals surface area contributed by atoms with Crippen LogP contribution < -0.4 is 31.9 Å². The number of ether oxygens (including phenoxy) is 4. The van der Waals surface area contributed by atoms with Gasteiger partial charge < -0.3 is 39.8 Å². The van der Waals surface area contributed by atoms with Gasteiger partial charge in [0.2, 0.25) is 11.8 Å². The maximum atomic E-state index is 13.6. The number of aromatic nitrogens is 2. The zero-order valence-electron chi connectivity index (χ0n) is 24.8. The summed E-state index contributed by atoms with van der Waals surface area (Å²) in [5, 5.41) is 28.8. The molecule has 0 aliphatic carbocycles. The number of carbonyl (C=O) groups is 4. The van der Waals surface area contributed by atoms with Gasteiger partial charge in [-0.15, -0.1) is 0 Å². The zero-order chi connectivity index (χ0) is 33.1. The van der Waals surface area contributed by atoms with E-state index in [-0.39, 0.29) is 6.54 Å². The van der Waals surface area contributed by atoms with Crippen LogP contribution in [0.5, 0.6) is 5.75 Å². The summed E-state index contributed by atoms with van der Waals surface area (Å²) < 4.78 is 21.8. The van der Waals surface area contributed by atoms with Gasteiger partial charge in [-0.3, -0.25) is 38.8 Å². The number of benzene rings is 1. The minimum atomic E-state index is -1.76. The summed E-state index contributed by atoms with van der Waals surface area (Å²) in [7, 11) is 3.71. The van der Waals surface area contributed by atoms with Crippen LogP contribution in [0.2, 0.25) is 0 Å². The van der Waals surface area contributed by atoms with E-state index in [9.17, 15) is 39.0 Å². The topological polar surface area (TPSA) is 237 Å². The maximum Gasteiger partial charge on any atom is 0.330 e. The lowest BCUT2D eigenvalue weighted by Gasteiger charge is -2.29. The highest BCUT2D eigenvalue weighted by Crippen LogP contribution is 2.46. The van der Waals surface area contributed by atoms with Gasteiger partial charge in [-0.1, -0.05) is 18.2 Å². The van der Waals surface area contributed by atoms with Gasteiger partial charge in [0.1, 0.15) is 29.6 Å². The largest absolute Gasteiger partial charge is 0.496 e. The highest BCUT2D eigenvalue weighted by Gasteiger charge is 2.62. The molecule has 0 unspecified atom stereocenters. The first kappa shape index (κ1) is 33.3. The summed E-state index contributed by atoms with van der Waals surface area (Å²) in [6, 6.07) is 6.87. The van der Waals surface area contributed by atoms with Gasteiger partial charge in [-0.25, -0.2) is 4.79 Å². The lowest BCUT2D eigenvalue weighted by molar-refractivity contribution is -0.159. The molecule has 17 heteroatoms. The Hall–Kier alpha value is -4.58. The fourth-order valence-corrected chi connectivity index (χ4v) is 5.75. The molecule has 8 atom stereocenters. The summed E-state index contributed by atoms with van der Waals surface area (Å²) in [6.07, 6.45) is -4.45. The normalized spacial score (nSPS) is 29.1. The summed E-state index contributed by atoms with van der Waals surface area (Å²) in [5.74, 6) is -5.35. The van der Waals surface area contributed by atoms with Gasteiger partial charge in [-0.05, 0) is 13.0 Å². The van der Waals surface area contributed by atoms with E-state index in [0.717, 1.165) is 31.0 Å². The van der Waals surface area contributed by atoms with E-state index in [1.165, 1.54) is 14.0 Å². The standard InChI is InChI=1S/C28H35N5O12/c1-28(19(25(39)44-4)18(24(38)43-3)20(32-28)13-7-5-6-8-14(13)42-2)26(40)30-12-17(35)29-11-15-21(36)22(37)23(45-15)33-10-9-16(34)31-27(33)41/h5-10,15,18-23,32,36-37H,11-12H2,1-4H3,(H,29,35)(H,30,40)(H,31,34,41)/t15-,18-,19+,20-,21-,22-,23-,28-/m1/s1. The van der Waals surface area contributed by atoms with Crippen LogP contribution in [0.15, 0.2) is 46.1 Å². The summed E-state index contributed by atoms with van der Waals surface area (Å²) in [6.45, 7) is 0.499. The van der Waals surface area contributed by atoms with Gasteiger partial charge in [0.25, 0.3) is 5.56 Å². The van der Waals surface area contributed by atoms with Crippen molar-refractivity contribution in [2.45, 2.75) is 43.0 Å². The average Bonchev–Trinajstić information content (AvgIpc) is 3.51. The van der Waals surface area contributed by atoms with Crippen LogP contribution in [0.25, 0.3) is 0 Å². The molecule has 1 aromatic heterocycles. The Kier molecular flexibility index (Phi) is 10.1. The highest BCUT2D eigenvalue weighted by atomic mass is 16.6. The molecule has 2 fully saturated rings. The van der Waals surface area contributed by atoms with Gasteiger partial charge in [0.15, 0.2) is 6.23 Å². The molecule has 2 aromatic rings.